The maximum Gasteiger partial charge on any atom is 0.0433 e. The van der Waals surface area contributed by atoms with E-state index in [-0.39, 0.29) is 0 Å². The van der Waals surface area contributed by atoms with Gasteiger partial charge in [-0.15, -0.1) is 6.58 Å². The van der Waals surface area contributed by atoms with Crippen LogP contribution < -0.4 is 0 Å². The van der Waals surface area contributed by atoms with Gasteiger partial charge in [0.15, 0.2) is 0 Å². The molecular formula is C22H44O. The molecule has 1 heteroatoms. The predicted octanol–water partition coefficient (Wildman–Crippen LogP) is 6.71. The van der Waals surface area contributed by atoms with E-state index in [1.165, 1.54) is 32.1 Å². The van der Waals surface area contributed by atoms with Crippen molar-refractivity contribution in [3.8, 4) is 0 Å². The van der Waals surface area contributed by atoms with Crippen LogP contribution in [0.15, 0.2) is 12.7 Å². The van der Waals surface area contributed by atoms with Gasteiger partial charge < -0.3 is 5.11 Å². The lowest BCUT2D eigenvalue weighted by Crippen LogP contribution is -2.42. The first-order chi connectivity index (χ1) is 11.1. The second-order valence-electron chi connectivity index (χ2n) is 7.30. The van der Waals surface area contributed by atoms with Crippen molar-refractivity contribution in [3.63, 3.8) is 0 Å². The van der Waals surface area contributed by atoms with Gasteiger partial charge >= 0.3 is 0 Å². The van der Waals surface area contributed by atoms with Crippen LogP contribution in [-0.4, -0.2) is 11.7 Å². The lowest BCUT2D eigenvalue weighted by molar-refractivity contribution is 0.00791. The molecule has 0 spiro atoms. The zero-order chi connectivity index (χ0) is 18.0. The van der Waals surface area contributed by atoms with Gasteiger partial charge in [0.25, 0.3) is 0 Å². The molecule has 0 radical (unpaired) electrons. The minimum Gasteiger partial charge on any atom is -0.396 e. The number of allylic oxidation sites excluding steroid dienone is 1. The minimum absolute atomic E-state index is 0.362. The van der Waals surface area contributed by atoms with Crippen molar-refractivity contribution >= 4 is 0 Å². The Labute approximate surface area is 147 Å². The summed E-state index contributed by atoms with van der Waals surface area (Å²) < 4.78 is 0. The fourth-order valence-electron chi connectivity index (χ4n) is 5.27. The second-order valence-corrected chi connectivity index (χ2v) is 7.30. The highest BCUT2D eigenvalue weighted by Crippen LogP contribution is 2.61. The number of aliphatic hydroxyl groups excluding tert-OH is 1. The molecule has 1 nitrogen and oxygen atoms in total. The van der Waals surface area contributed by atoms with Gasteiger partial charge in [-0.05, 0) is 67.1 Å². The molecule has 0 aromatic rings. The summed E-state index contributed by atoms with van der Waals surface area (Å²) in [6, 6.07) is 0. The van der Waals surface area contributed by atoms with E-state index in [9.17, 15) is 5.11 Å². The Morgan fingerprint density at radius 1 is 1.17 bits per heavy atom. The highest BCUT2D eigenvalue weighted by Gasteiger charge is 2.52. The molecular weight excluding hydrogens is 280 g/mol. The molecule has 1 N–H and O–H groups in total. The summed E-state index contributed by atoms with van der Waals surface area (Å²) in [7, 11) is 0. The number of hydrogen-bond donors (Lipinski definition) is 1. The molecule has 6 atom stereocenters. The Kier molecular flexibility index (Phi) is 11.1. The van der Waals surface area contributed by atoms with E-state index in [4.69, 9.17) is 0 Å². The topological polar surface area (TPSA) is 20.2 Å². The van der Waals surface area contributed by atoms with Crippen LogP contribution in [-0.2, 0) is 0 Å². The van der Waals surface area contributed by atoms with Crippen LogP contribution in [0.3, 0.4) is 0 Å². The van der Waals surface area contributed by atoms with E-state index < -0.39 is 0 Å². The zero-order valence-electron chi connectivity index (χ0n) is 17.1. The molecule has 2 aliphatic carbocycles. The summed E-state index contributed by atoms with van der Waals surface area (Å²) in [4.78, 5) is 0. The first-order valence-electron chi connectivity index (χ1n) is 10.3. The van der Waals surface area contributed by atoms with E-state index >= 15 is 0 Å². The zero-order valence-corrected chi connectivity index (χ0v) is 17.1. The van der Waals surface area contributed by atoms with Crippen LogP contribution in [0.25, 0.3) is 0 Å². The average molecular weight is 325 g/mol. The molecule has 0 bridgehead atoms. The van der Waals surface area contributed by atoms with Gasteiger partial charge in [0, 0.05) is 6.61 Å². The molecule has 2 saturated carbocycles. The lowest BCUT2D eigenvalue weighted by Gasteiger charge is -2.49. The molecule has 0 saturated heterocycles. The Hall–Kier alpha value is -0.300. The molecule has 0 aromatic carbocycles. The maximum atomic E-state index is 9.31. The molecule has 138 valence electrons. The van der Waals surface area contributed by atoms with Crippen LogP contribution in [0.1, 0.15) is 87.0 Å². The Bertz CT molecular complexity index is 311. The normalized spacial score (nSPS) is 36.7. The fourth-order valence-corrected chi connectivity index (χ4v) is 5.27. The summed E-state index contributed by atoms with van der Waals surface area (Å²) in [6.07, 6.45) is 9.95. The van der Waals surface area contributed by atoms with Crippen LogP contribution in [0, 0.1) is 35.0 Å². The summed E-state index contributed by atoms with van der Waals surface area (Å²) >= 11 is 0. The van der Waals surface area contributed by atoms with Crippen LogP contribution in [0.2, 0.25) is 0 Å². The highest BCUT2D eigenvalue weighted by molar-refractivity contribution is 5.06. The minimum atomic E-state index is 0.362. The second kappa shape index (κ2) is 11.3. The third kappa shape index (κ3) is 4.84. The van der Waals surface area contributed by atoms with Gasteiger partial charge in [0.1, 0.15) is 0 Å². The Balaban J connectivity index is 0.00000112. The van der Waals surface area contributed by atoms with Crippen molar-refractivity contribution in [2.75, 3.05) is 6.61 Å². The molecule has 3 unspecified atom stereocenters. The molecule has 2 rings (SSSR count). The quantitative estimate of drug-likeness (QED) is 0.557. The Morgan fingerprint density at radius 2 is 1.78 bits per heavy atom. The van der Waals surface area contributed by atoms with E-state index in [2.05, 4.69) is 33.4 Å². The number of fused-ring (bicyclic) bond motifs is 1. The van der Waals surface area contributed by atoms with Crippen LogP contribution in [0.4, 0.5) is 0 Å². The third-order valence-electron chi connectivity index (χ3n) is 6.71. The first kappa shape index (κ1) is 22.7. The maximum absolute atomic E-state index is 9.31. The average Bonchev–Trinajstić information content (AvgIpc) is 2.94. The largest absolute Gasteiger partial charge is 0.396 e. The summed E-state index contributed by atoms with van der Waals surface area (Å²) in [5, 5.41) is 9.31. The van der Waals surface area contributed by atoms with E-state index in [0.29, 0.717) is 17.9 Å². The molecule has 0 aromatic heterocycles. The van der Waals surface area contributed by atoms with Crippen molar-refractivity contribution in [1.82, 2.24) is 0 Å². The summed E-state index contributed by atoms with van der Waals surface area (Å²) in [5.41, 5.74) is 0.464. The van der Waals surface area contributed by atoms with Crippen molar-refractivity contribution in [3.05, 3.63) is 12.7 Å². The molecule has 23 heavy (non-hydrogen) atoms. The van der Waals surface area contributed by atoms with Gasteiger partial charge in [-0.25, -0.2) is 0 Å². The van der Waals surface area contributed by atoms with Gasteiger partial charge in [-0.1, -0.05) is 61.0 Å². The Morgan fingerprint density at radius 3 is 2.26 bits per heavy atom. The number of rotatable bonds is 5. The number of hydrogen-bond acceptors (Lipinski definition) is 1. The molecule has 0 amide bonds. The van der Waals surface area contributed by atoms with E-state index in [1.807, 2.05) is 27.7 Å². The summed E-state index contributed by atoms with van der Waals surface area (Å²) in [5.74, 6) is 3.92. The van der Waals surface area contributed by atoms with Crippen LogP contribution >= 0.6 is 0 Å². The van der Waals surface area contributed by atoms with Crippen molar-refractivity contribution in [2.45, 2.75) is 87.0 Å². The van der Waals surface area contributed by atoms with Gasteiger partial charge in [0.05, 0.1) is 0 Å². The monoisotopic (exact) mass is 324 g/mol. The van der Waals surface area contributed by atoms with Gasteiger partial charge in [0.2, 0.25) is 0 Å². The van der Waals surface area contributed by atoms with E-state index in [1.54, 1.807) is 0 Å². The predicted molar refractivity (Wildman–Crippen MR) is 105 cm³/mol. The van der Waals surface area contributed by atoms with Crippen molar-refractivity contribution in [2.24, 2.45) is 35.0 Å². The lowest BCUT2D eigenvalue weighted by atomic mass is 9.55. The third-order valence-corrected chi connectivity index (χ3v) is 6.71. The molecule has 0 aliphatic heterocycles. The fraction of sp³-hybridized carbons (Fsp3) is 0.909. The first-order valence-corrected chi connectivity index (χ1v) is 10.3. The van der Waals surface area contributed by atoms with Gasteiger partial charge in [-0.3, -0.25) is 0 Å². The SMILES string of the molecule is C=CC1C([C@H](C)CC)CC[C@@]2(C)C1CC[C@@H]2CCO.CC.CC. The molecule has 0 heterocycles. The highest BCUT2D eigenvalue weighted by atomic mass is 16.3. The van der Waals surface area contributed by atoms with E-state index in [0.717, 1.165) is 30.1 Å². The molecule has 2 aliphatic rings. The van der Waals surface area contributed by atoms with Crippen molar-refractivity contribution < 1.29 is 5.11 Å². The molecule has 2 fully saturated rings. The van der Waals surface area contributed by atoms with Crippen LogP contribution in [0.5, 0.6) is 0 Å². The number of aliphatic hydroxyl groups is 1. The van der Waals surface area contributed by atoms with Gasteiger partial charge in [-0.2, -0.15) is 0 Å². The summed E-state index contributed by atoms with van der Waals surface area (Å²) in [6.45, 7) is 19.8. The van der Waals surface area contributed by atoms with Crippen molar-refractivity contribution in [1.29, 1.82) is 0 Å². The smallest absolute Gasteiger partial charge is 0.0433 e. The standard InChI is InChI=1S/C18H32O.2C2H6/c1-5-13(3)16-9-11-18(4)14(10-12-19)7-8-17(18)15(16)6-2;2*1-2/h6,13-17,19H,2,5,7-12H2,1,3-4H3;2*1-2H3/t13-,14-,15?,16?,17?,18-;;/m1../s1.